The fourth-order valence-electron chi connectivity index (χ4n) is 2.23. The molecule has 3 rings (SSSR count). The second-order valence-electron chi connectivity index (χ2n) is 4.49. The van der Waals surface area contributed by atoms with Gasteiger partial charge in [0, 0.05) is 43.2 Å². The number of nitrogens with one attached hydrogen (secondary N) is 1. The molecule has 1 aliphatic heterocycles. The Balaban J connectivity index is 2.02. The fraction of sp³-hybridized carbons (Fsp3) is 0.214. The molecule has 19 heavy (non-hydrogen) atoms. The van der Waals surface area contributed by atoms with E-state index in [-0.39, 0.29) is 5.69 Å². The van der Waals surface area contributed by atoms with Gasteiger partial charge in [-0.15, -0.1) is 0 Å². The molecule has 0 unspecified atom stereocenters. The lowest BCUT2D eigenvalue weighted by atomic mass is 10.0. The fourth-order valence-corrected chi connectivity index (χ4v) is 2.23. The Hall–Kier alpha value is -2.27. The number of aromatic carboxylic acids is 1. The second-order valence-corrected chi connectivity index (χ2v) is 4.49. The van der Waals surface area contributed by atoms with E-state index >= 15 is 0 Å². The van der Waals surface area contributed by atoms with Gasteiger partial charge < -0.3 is 10.4 Å². The summed E-state index contributed by atoms with van der Waals surface area (Å²) in [7, 11) is 0. The van der Waals surface area contributed by atoms with Crippen LogP contribution in [0.4, 0.5) is 0 Å². The highest BCUT2D eigenvalue weighted by atomic mass is 16.4. The van der Waals surface area contributed by atoms with E-state index in [9.17, 15) is 4.79 Å². The zero-order chi connectivity index (χ0) is 13.2. The maximum absolute atomic E-state index is 10.9. The summed E-state index contributed by atoms with van der Waals surface area (Å²) in [6, 6.07) is 5.43. The Morgan fingerprint density at radius 1 is 1.26 bits per heavy atom. The Morgan fingerprint density at radius 2 is 2.16 bits per heavy atom. The monoisotopic (exact) mass is 255 g/mol. The minimum atomic E-state index is -1.02. The minimum absolute atomic E-state index is 0.0494. The third-order valence-electron chi connectivity index (χ3n) is 3.23. The molecule has 1 aliphatic rings. The summed E-state index contributed by atoms with van der Waals surface area (Å²) in [5.41, 5.74) is 4.10. The van der Waals surface area contributed by atoms with E-state index in [4.69, 9.17) is 5.11 Å². The van der Waals surface area contributed by atoms with Crippen LogP contribution < -0.4 is 5.32 Å². The van der Waals surface area contributed by atoms with Gasteiger partial charge in [-0.3, -0.25) is 4.98 Å². The van der Waals surface area contributed by atoms with Crippen molar-refractivity contribution in [2.45, 2.75) is 13.0 Å². The van der Waals surface area contributed by atoms with Gasteiger partial charge in [0.05, 0.1) is 0 Å². The van der Waals surface area contributed by atoms with Crippen LogP contribution in [0.25, 0.3) is 11.1 Å². The highest BCUT2D eigenvalue weighted by Gasteiger charge is 2.12. The molecule has 0 bridgehead atoms. The van der Waals surface area contributed by atoms with E-state index in [1.165, 1.54) is 11.8 Å². The summed E-state index contributed by atoms with van der Waals surface area (Å²) < 4.78 is 0. The quantitative estimate of drug-likeness (QED) is 0.850. The average Bonchev–Trinajstić information content (AvgIpc) is 2.47. The maximum Gasteiger partial charge on any atom is 0.354 e. The van der Waals surface area contributed by atoms with Crippen molar-refractivity contribution in [2.75, 3.05) is 6.54 Å². The van der Waals surface area contributed by atoms with Crippen LogP contribution >= 0.6 is 0 Å². The number of nitrogens with zero attached hydrogens (tertiary/aromatic N) is 2. The number of carboxylic acid groups (broad SMARTS) is 1. The first kappa shape index (κ1) is 11.8. The molecule has 5 heteroatoms. The van der Waals surface area contributed by atoms with E-state index < -0.39 is 5.97 Å². The largest absolute Gasteiger partial charge is 0.477 e. The SMILES string of the molecule is O=C(O)c1cc(-c2cnc3c(c2)CNCC3)ccn1. The van der Waals surface area contributed by atoms with Gasteiger partial charge in [0.1, 0.15) is 5.69 Å². The Bertz CT molecular complexity index is 640. The van der Waals surface area contributed by atoms with Gasteiger partial charge >= 0.3 is 5.97 Å². The van der Waals surface area contributed by atoms with Crippen LogP contribution in [0.3, 0.4) is 0 Å². The standard InChI is InChI=1S/C14H13N3O2/c18-14(19)13-6-9(1-4-16-13)10-5-11-7-15-3-2-12(11)17-8-10/h1,4-6,8,15H,2-3,7H2,(H,18,19). The summed E-state index contributed by atoms with van der Waals surface area (Å²) in [6.45, 7) is 1.77. The lowest BCUT2D eigenvalue weighted by molar-refractivity contribution is 0.0690. The molecule has 0 aliphatic carbocycles. The smallest absolute Gasteiger partial charge is 0.354 e. The summed E-state index contributed by atoms with van der Waals surface area (Å²) >= 11 is 0. The zero-order valence-corrected chi connectivity index (χ0v) is 10.3. The molecular formula is C14H13N3O2. The van der Waals surface area contributed by atoms with E-state index in [0.717, 1.165) is 36.3 Å². The number of carbonyl (C=O) groups is 1. The topological polar surface area (TPSA) is 75.1 Å². The molecule has 0 saturated carbocycles. The molecule has 0 radical (unpaired) electrons. The van der Waals surface area contributed by atoms with E-state index in [0.29, 0.717) is 0 Å². The average molecular weight is 255 g/mol. The van der Waals surface area contributed by atoms with Crippen molar-refractivity contribution in [3.63, 3.8) is 0 Å². The first-order chi connectivity index (χ1) is 9.24. The van der Waals surface area contributed by atoms with E-state index in [1.807, 2.05) is 0 Å². The van der Waals surface area contributed by atoms with Crippen molar-refractivity contribution < 1.29 is 9.90 Å². The van der Waals surface area contributed by atoms with Crippen LogP contribution in [0.15, 0.2) is 30.6 Å². The summed E-state index contributed by atoms with van der Waals surface area (Å²) in [5, 5.41) is 12.3. The number of hydrogen-bond donors (Lipinski definition) is 2. The molecule has 0 amide bonds. The van der Waals surface area contributed by atoms with Crippen LogP contribution in [0.2, 0.25) is 0 Å². The van der Waals surface area contributed by atoms with Crippen molar-refractivity contribution in [3.05, 3.63) is 47.5 Å². The Labute approximate surface area is 110 Å². The van der Waals surface area contributed by atoms with Crippen LogP contribution in [0, 0.1) is 0 Å². The van der Waals surface area contributed by atoms with Gasteiger partial charge in [-0.05, 0) is 29.3 Å². The third-order valence-corrected chi connectivity index (χ3v) is 3.23. The van der Waals surface area contributed by atoms with Crippen LogP contribution in [-0.4, -0.2) is 27.6 Å². The summed E-state index contributed by atoms with van der Waals surface area (Å²) in [6.07, 6.45) is 4.24. The van der Waals surface area contributed by atoms with Gasteiger partial charge in [-0.25, -0.2) is 9.78 Å². The molecule has 3 heterocycles. The first-order valence-corrected chi connectivity index (χ1v) is 6.12. The van der Waals surface area contributed by atoms with E-state index in [1.54, 1.807) is 18.3 Å². The second kappa shape index (κ2) is 4.78. The molecule has 2 aromatic heterocycles. The normalized spacial score (nSPS) is 13.9. The number of fused-ring (bicyclic) bond motifs is 1. The first-order valence-electron chi connectivity index (χ1n) is 6.12. The third kappa shape index (κ3) is 2.32. The van der Waals surface area contributed by atoms with Crippen LogP contribution in [0.5, 0.6) is 0 Å². The minimum Gasteiger partial charge on any atom is -0.477 e. The van der Waals surface area contributed by atoms with Crippen molar-refractivity contribution in [3.8, 4) is 11.1 Å². The Morgan fingerprint density at radius 3 is 3.00 bits per heavy atom. The maximum atomic E-state index is 10.9. The number of hydrogen-bond acceptors (Lipinski definition) is 4. The van der Waals surface area contributed by atoms with Gasteiger partial charge in [-0.2, -0.15) is 0 Å². The van der Waals surface area contributed by atoms with Crippen LogP contribution in [-0.2, 0) is 13.0 Å². The molecular weight excluding hydrogens is 242 g/mol. The van der Waals surface area contributed by atoms with Gasteiger partial charge in [-0.1, -0.05) is 0 Å². The molecule has 0 spiro atoms. The highest BCUT2D eigenvalue weighted by molar-refractivity contribution is 5.87. The van der Waals surface area contributed by atoms with Gasteiger partial charge in [0.2, 0.25) is 0 Å². The summed E-state index contributed by atoms with van der Waals surface area (Å²) in [5.74, 6) is -1.02. The van der Waals surface area contributed by atoms with Crippen molar-refractivity contribution in [1.82, 2.24) is 15.3 Å². The molecule has 2 aromatic rings. The van der Waals surface area contributed by atoms with Crippen molar-refractivity contribution in [2.24, 2.45) is 0 Å². The van der Waals surface area contributed by atoms with Gasteiger partial charge in [0.15, 0.2) is 0 Å². The molecule has 5 nitrogen and oxygen atoms in total. The molecule has 0 aromatic carbocycles. The number of pyridine rings is 2. The van der Waals surface area contributed by atoms with Gasteiger partial charge in [0.25, 0.3) is 0 Å². The lowest BCUT2D eigenvalue weighted by Gasteiger charge is -2.16. The van der Waals surface area contributed by atoms with Crippen molar-refractivity contribution in [1.29, 1.82) is 0 Å². The molecule has 2 N–H and O–H groups in total. The highest BCUT2D eigenvalue weighted by Crippen LogP contribution is 2.22. The van der Waals surface area contributed by atoms with Crippen molar-refractivity contribution >= 4 is 5.97 Å². The summed E-state index contributed by atoms with van der Waals surface area (Å²) in [4.78, 5) is 19.2. The predicted molar refractivity (Wildman–Crippen MR) is 69.8 cm³/mol. The van der Waals surface area contributed by atoms with E-state index in [2.05, 4.69) is 21.4 Å². The molecule has 96 valence electrons. The number of carboxylic acids is 1. The Kier molecular flexibility index (Phi) is 2.97. The molecule has 0 saturated heterocycles. The lowest BCUT2D eigenvalue weighted by Crippen LogP contribution is -2.24. The molecule has 0 fully saturated rings. The predicted octanol–water partition coefficient (Wildman–Crippen LogP) is 1.49. The number of rotatable bonds is 2. The van der Waals surface area contributed by atoms with Crippen LogP contribution in [0.1, 0.15) is 21.7 Å². The zero-order valence-electron chi connectivity index (χ0n) is 10.3. The molecule has 0 atom stereocenters. The number of aromatic nitrogens is 2.